The second-order valence-electron chi connectivity index (χ2n) is 8.64. The second kappa shape index (κ2) is 9.94. The molecule has 0 saturated carbocycles. The minimum atomic E-state index is -0.602. The predicted octanol–water partition coefficient (Wildman–Crippen LogP) is 4.64. The third-order valence-electron chi connectivity index (χ3n) is 6.11. The fraction of sp³-hybridized carbons (Fsp3) is 0.333. The lowest BCUT2D eigenvalue weighted by molar-refractivity contribution is -0.133. The third kappa shape index (κ3) is 4.80. The Morgan fingerprint density at radius 3 is 2.61 bits per heavy atom. The maximum absolute atomic E-state index is 13.4. The zero-order chi connectivity index (χ0) is 23.4. The number of hydrogen-bond acceptors (Lipinski definition) is 3. The summed E-state index contributed by atoms with van der Waals surface area (Å²) >= 11 is 0. The van der Waals surface area contributed by atoms with E-state index in [9.17, 15) is 9.59 Å². The van der Waals surface area contributed by atoms with Crippen molar-refractivity contribution in [1.29, 1.82) is 0 Å². The molecule has 2 heterocycles. The smallest absolute Gasteiger partial charge is 0.255 e. The van der Waals surface area contributed by atoms with Crippen LogP contribution in [0.15, 0.2) is 60.8 Å². The van der Waals surface area contributed by atoms with Gasteiger partial charge >= 0.3 is 0 Å². The van der Waals surface area contributed by atoms with Gasteiger partial charge in [-0.2, -0.15) is 0 Å². The van der Waals surface area contributed by atoms with Gasteiger partial charge in [0.05, 0.1) is 12.2 Å². The Kier molecular flexibility index (Phi) is 6.82. The van der Waals surface area contributed by atoms with Crippen LogP contribution in [0.25, 0.3) is 16.5 Å². The fourth-order valence-electron chi connectivity index (χ4n) is 4.32. The maximum Gasteiger partial charge on any atom is 0.255 e. The summed E-state index contributed by atoms with van der Waals surface area (Å²) in [5.41, 5.74) is 3.99. The minimum Gasteiger partial charge on any atom is -0.493 e. The van der Waals surface area contributed by atoms with Crippen LogP contribution < -0.4 is 10.1 Å². The first-order valence-corrected chi connectivity index (χ1v) is 11.6. The summed E-state index contributed by atoms with van der Waals surface area (Å²) in [6, 6.07) is 14.8. The molecule has 1 aromatic heterocycles. The van der Waals surface area contributed by atoms with Crippen molar-refractivity contribution in [1.82, 2.24) is 15.2 Å². The molecule has 2 amide bonds. The molecular formula is C27H31N3O3. The maximum atomic E-state index is 13.4. The summed E-state index contributed by atoms with van der Waals surface area (Å²) < 4.78 is 5.59. The number of amides is 2. The van der Waals surface area contributed by atoms with E-state index < -0.39 is 6.04 Å². The number of carbonyl (C=O) groups excluding carboxylic acids is 2. The van der Waals surface area contributed by atoms with Crippen LogP contribution in [0.4, 0.5) is 0 Å². The minimum absolute atomic E-state index is 0.0419. The second-order valence-corrected chi connectivity index (χ2v) is 8.64. The average Bonchev–Trinajstić information content (AvgIpc) is 3.27. The van der Waals surface area contributed by atoms with Gasteiger partial charge in [-0.1, -0.05) is 50.3 Å². The van der Waals surface area contributed by atoms with Gasteiger partial charge in [0.25, 0.3) is 5.91 Å². The van der Waals surface area contributed by atoms with Crippen molar-refractivity contribution in [3.8, 4) is 5.75 Å². The van der Waals surface area contributed by atoms with Crippen molar-refractivity contribution in [3.05, 3.63) is 71.9 Å². The van der Waals surface area contributed by atoms with E-state index in [2.05, 4.69) is 28.5 Å². The van der Waals surface area contributed by atoms with E-state index in [4.69, 9.17) is 4.74 Å². The van der Waals surface area contributed by atoms with Crippen LogP contribution in [0, 0.1) is 5.92 Å². The molecule has 0 radical (unpaired) electrons. The Hall–Kier alpha value is -3.54. The molecule has 1 atom stereocenters. The lowest BCUT2D eigenvalue weighted by Crippen LogP contribution is -2.52. The summed E-state index contributed by atoms with van der Waals surface area (Å²) in [6.07, 6.45) is 4.95. The topological polar surface area (TPSA) is 74.4 Å². The van der Waals surface area contributed by atoms with Gasteiger partial charge in [-0.3, -0.25) is 9.59 Å². The summed E-state index contributed by atoms with van der Waals surface area (Å²) in [5, 5.41) is 4.15. The van der Waals surface area contributed by atoms with Crippen molar-refractivity contribution in [2.75, 3.05) is 19.7 Å². The van der Waals surface area contributed by atoms with Crippen molar-refractivity contribution in [2.24, 2.45) is 5.92 Å². The van der Waals surface area contributed by atoms with Gasteiger partial charge in [-0.15, -0.1) is 0 Å². The molecule has 0 spiro atoms. The molecular weight excluding hydrogens is 414 g/mol. The molecule has 1 aliphatic heterocycles. The molecule has 0 unspecified atom stereocenters. The zero-order valence-electron chi connectivity index (χ0n) is 19.4. The van der Waals surface area contributed by atoms with Crippen LogP contribution in [0.3, 0.4) is 0 Å². The molecule has 6 nitrogen and oxygen atoms in total. The fourth-order valence-corrected chi connectivity index (χ4v) is 4.32. The van der Waals surface area contributed by atoms with E-state index in [-0.39, 0.29) is 17.7 Å². The number of aromatic nitrogens is 1. The number of rotatable bonds is 7. The van der Waals surface area contributed by atoms with Crippen LogP contribution in [-0.4, -0.2) is 47.4 Å². The number of benzene rings is 2. The Morgan fingerprint density at radius 2 is 1.88 bits per heavy atom. The average molecular weight is 446 g/mol. The predicted molar refractivity (Wildman–Crippen MR) is 131 cm³/mol. The zero-order valence-corrected chi connectivity index (χ0v) is 19.4. The Bertz CT molecular complexity index is 1180. The van der Waals surface area contributed by atoms with Gasteiger partial charge in [0.2, 0.25) is 5.91 Å². The van der Waals surface area contributed by atoms with E-state index >= 15 is 0 Å². The van der Waals surface area contributed by atoms with E-state index in [0.717, 1.165) is 11.9 Å². The van der Waals surface area contributed by atoms with Crippen LogP contribution in [0.5, 0.6) is 5.75 Å². The molecule has 0 saturated heterocycles. The van der Waals surface area contributed by atoms with E-state index in [1.807, 2.05) is 50.1 Å². The Labute approximate surface area is 194 Å². The van der Waals surface area contributed by atoms with Crippen molar-refractivity contribution >= 4 is 28.3 Å². The van der Waals surface area contributed by atoms with Crippen molar-refractivity contribution in [2.45, 2.75) is 33.2 Å². The molecule has 0 bridgehead atoms. The van der Waals surface area contributed by atoms with Crippen LogP contribution in [0.1, 0.15) is 43.1 Å². The molecule has 3 aromatic rings. The largest absolute Gasteiger partial charge is 0.493 e. The number of fused-ring (bicyclic) bond motifs is 1. The number of nitrogens with zero attached hydrogens (tertiary/aromatic N) is 1. The first-order chi connectivity index (χ1) is 16.0. The molecule has 172 valence electrons. The molecule has 4 rings (SSSR count). The highest BCUT2D eigenvalue weighted by Gasteiger charge is 2.30. The molecule has 0 fully saturated rings. The number of carbonyl (C=O) groups is 2. The summed E-state index contributed by atoms with van der Waals surface area (Å²) in [5.74, 6) is 0.135. The van der Waals surface area contributed by atoms with Crippen molar-refractivity contribution < 1.29 is 14.3 Å². The number of aromatic amines is 1. The summed E-state index contributed by atoms with van der Waals surface area (Å²) in [7, 11) is 0. The number of para-hydroxylation sites is 2. The van der Waals surface area contributed by atoms with E-state index in [0.29, 0.717) is 31.0 Å². The molecule has 0 aliphatic carbocycles. The summed E-state index contributed by atoms with van der Waals surface area (Å²) in [4.78, 5) is 31.5. The number of ether oxygens (including phenoxy) is 1. The van der Waals surface area contributed by atoms with Gasteiger partial charge in [-0.25, -0.2) is 0 Å². The highest BCUT2D eigenvalue weighted by Crippen LogP contribution is 2.29. The lowest BCUT2D eigenvalue weighted by atomic mass is 9.97. The van der Waals surface area contributed by atoms with Gasteiger partial charge in [-0.05, 0) is 43.0 Å². The molecule has 2 aromatic carbocycles. The lowest BCUT2D eigenvalue weighted by Gasteiger charge is -2.32. The highest BCUT2D eigenvalue weighted by molar-refractivity contribution is 6.00. The highest BCUT2D eigenvalue weighted by atomic mass is 16.5. The Morgan fingerprint density at radius 1 is 1.12 bits per heavy atom. The monoisotopic (exact) mass is 445 g/mol. The summed E-state index contributed by atoms with van der Waals surface area (Å²) in [6.45, 7) is 7.41. The molecule has 2 N–H and O–H groups in total. The van der Waals surface area contributed by atoms with Crippen molar-refractivity contribution in [3.63, 3.8) is 0 Å². The first kappa shape index (κ1) is 22.6. The standard InChI is InChI=1S/C27H31N3O3/c1-4-33-24-12-8-6-10-21(24)26(31)29-25(18(2)3)27(32)30-15-13-19(14-16-30)22-17-28-23-11-7-5-9-20(22)23/h5-13,17-18,25,28H,4,14-16H2,1-3H3,(H,29,31)/t25-/m1/s1. The quantitative estimate of drug-likeness (QED) is 0.557. The molecule has 1 aliphatic rings. The van der Waals surface area contributed by atoms with E-state index in [1.54, 1.807) is 18.2 Å². The number of hydrogen-bond donors (Lipinski definition) is 2. The first-order valence-electron chi connectivity index (χ1n) is 11.6. The van der Waals surface area contributed by atoms with Gasteiger partial charge < -0.3 is 19.9 Å². The molecule has 33 heavy (non-hydrogen) atoms. The van der Waals surface area contributed by atoms with Crippen LogP contribution in [0.2, 0.25) is 0 Å². The van der Waals surface area contributed by atoms with Crippen LogP contribution in [-0.2, 0) is 4.79 Å². The Balaban J connectivity index is 1.47. The number of nitrogens with one attached hydrogen (secondary N) is 2. The van der Waals surface area contributed by atoms with Gasteiger partial charge in [0.1, 0.15) is 11.8 Å². The van der Waals surface area contributed by atoms with Gasteiger partial charge in [0.15, 0.2) is 0 Å². The normalized spacial score (nSPS) is 14.8. The molecule has 6 heteroatoms. The number of H-pyrrole nitrogens is 1. The van der Waals surface area contributed by atoms with Crippen LogP contribution >= 0.6 is 0 Å². The van der Waals surface area contributed by atoms with Gasteiger partial charge in [0, 0.05) is 35.8 Å². The van der Waals surface area contributed by atoms with E-state index in [1.165, 1.54) is 16.5 Å². The third-order valence-corrected chi connectivity index (χ3v) is 6.11. The SMILES string of the molecule is CCOc1ccccc1C(=O)N[C@@H](C(=O)N1CC=C(c2c[nH]c3ccccc23)CC1)C(C)C.